The van der Waals surface area contributed by atoms with Crippen LogP contribution in [-0.2, 0) is 16.0 Å². The first-order chi connectivity index (χ1) is 8.61. The molecule has 0 aliphatic heterocycles. The van der Waals surface area contributed by atoms with E-state index in [1.54, 1.807) is 6.08 Å². The summed E-state index contributed by atoms with van der Waals surface area (Å²) in [5.74, 6) is -0.905. The number of amides is 1. The summed E-state index contributed by atoms with van der Waals surface area (Å²) in [6, 6.07) is 7.58. The fraction of sp³-hybridized carbons (Fsp3) is 0.286. The van der Waals surface area contributed by atoms with Crippen molar-refractivity contribution in [1.29, 1.82) is 0 Å². The molecule has 0 radical (unpaired) electrons. The van der Waals surface area contributed by atoms with Crippen LogP contribution in [0.3, 0.4) is 0 Å². The average Bonchev–Trinajstić information content (AvgIpc) is 2.37. The highest BCUT2D eigenvalue weighted by atomic mass is 16.4. The minimum atomic E-state index is -0.957. The number of nitrogens with one attached hydrogen (secondary N) is 1. The molecule has 1 amide bonds. The van der Waals surface area contributed by atoms with Gasteiger partial charge in [-0.25, -0.2) is 4.79 Å². The van der Waals surface area contributed by atoms with Gasteiger partial charge in [0, 0.05) is 19.0 Å². The number of carboxylic acid groups (broad SMARTS) is 1. The number of hydrogen-bond donors (Lipinski definition) is 2. The summed E-state index contributed by atoms with van der Waals surface area (Å²) in [6.07, 6.45) is 3.93. The van der Waals surface area contributed by atoms with Gasteiger partial charge in [-0.1, -0.05) is 31.2 Å². The molecular weight excluding hydrogens is 230 g/mol. The third-order valence-corrected chi connectivity index (χ3v) is 2.46. The fourth-order valence-electron chi connectivity index (χ4n) is 1.43. The first-order valence-electron chi connectivity index (χ1n) is 5.88. The zero-order valence-electron chi connectivity index (χ0n) is 10.3. The van der Waals surface area contributed by atoms with Crippen LogP contribution in [0.1, 0.15) is 24.5 Å². The smallest absolute Gasteiger partial charge is 0.328 e. The summed E-state index contributed by atoms with van der Waals surface area (Å²) in [5.41, 5.74) is 1.96. The Hall–Kier alpha value is -2.10. The molecule has 4 heteroatoms. The zero-order valence-corrected chi connectivity index (χ0v) is 10.3. The molecule has 0 aromatic heterocycles. The Morgan fingerprint density at radius 2 is 1.94 bits per heavy atom. The predicted octanol–water partition coefficient (Wildman–Crippen LogP) is 1.85. The lowest BCUT2D eigenvalue weighted by molar-refractivity contribution is -0.131. The third-order valence-electron chi connectivity index (χ3n) is 2.46. The Morgan fingerprint density at radius 1 is 1.28 bits per heavy atom. The summed E-state index contributed by atoms with van der Waals surface area (Å²) in [5, 5.41) is 11.3. The van der Waals surface area contributed by atoms with Crippen LogP contribution in [0.15, 0.2) is 30.3 Å². The molecule has 2 N–H and O–H groups in total. The Bertz CT molecular complexity index is 435. The van der Waals surface area contributed by atoms with Gasteiger partial charge < -0.3 is 10.4 Å². The van der Waals surface area contributed by atoms with Crippen molar-refractivity contribution in [3.63, 3.8) is 0 Å². The van der Waals surface area contributed by atoms with Crippen LogP contribution in [-0.4, -0.2) is 23.5 Å². The molecule has 0 fully saturated rings. The lowest BCUT2D eigenvalue weighted by Gasteiger charge is -2.04. The molecule has 0 saturated carbocycles. The average molecular weight is 247 g/mol. The maximum Gasteiger partial charge on any atom is 0.328 e. The number of carbonyl (C=O) groups excluding carboxylic acids is 1. The Kier molecular flexibility index (Phi) is 5.64. The topological polar surface area (TPSA) is 66.4 Å². The van der Waals surface area contributed by atoms with Gasteiger partial charge in [-0.3, -0.25) is 4.79 Å². The maximum absolute atomic E-state index is 11.0. The second-order valence-electron chi connectivity index (χ2n) is 3.87. The number of hydrogen-bond acceptors (Lipinski definition) is 2. The molecule has 0 atom stereocenters. The van der Waals surface area contributed by atoms with Crippen molar-refractivity contribution in [2.45, 2.75) is 19.8 Å². The van der Waals surface area contributed by atoms with Crippen molar-refractivity contribution in [3.05, 3.63) is 41.5 Å². The number of carboxylic acids is 1. The lowest BCUT2D eigenvalue weighted by atomic mass is 10.1. The molecule has 1 rings (SSSR count). The van der Waals surface area contributed by atoms with Gasteiger partial charge >= 0.3 is 5.97 Å². The van der Waals surface area contributed by atoms with Gasteiger partial charge in [-0.05, 0) is 23.6 Å². The van der Waals surface area contributed by atoms with E-state index < -0.39 is 5.97 Å². The molecule has 96 valence electrons. The van der Waals surface area contributed by atoms with E-state index in [1.807, 2.05) is 31.2 Å². The van der Waals surface area contributed by atoms with Crippen LogP contribution in [0.25, 0.3) is 6.08 Å². The van der Waals surface area contributed by atoms with Crippen LogP contribution < -0.4 is 5.32 Å². The van der Waals surface area contributed by atoms with Crippen molar-refractivity contribution >= 4 is 18.0 Å². The number of aliphatic carboxylic acids is 1. The van der Waals surface area contributed by atoms with E-state index in [1.165, 1.54) is 0 Å². The molecule has 0 saturated heterocycles. The van der Waals surface area contributed by atoms with Gasteiger partial charge in [0.05, 0.1) is 0 Å². The van der Waals surface area contributed by atoms with Crippen LogP contribution >= 0.6 is 0 Å². The van der Waals surface area contributed by atoms with Gasteiger partial charge in [-0.15, -0.1) is 0 Å². The van der Waals surface area contributed by atoms with Crippen molar-refractivity contribution in [2.24, 2.45) is 0 Å². The van der Waals surface area contributed by atoms with Crippen LogP contribution in [0.4, 0.5) is 0 Å². The van der Waals surface area contributed by atoms with Crippen molar-refractivity contribution in [1.82, 2.24) is 5.32 Å². The molecule has 18 heavy (non-hydrogen) atoms. The van der Waals surface area contributed by atoms with Crippen LogP contribution in [0.5, 0.6) is 0 Å². The van der Waals surface area contributed by atoms with E-state index >= 15 is 0 Å². The van der Waals surface area contributed by atoms with Crippen molar-refractivity contribution < 1.29 is 14.7 Å². The van der Waals surface area contributed by atoms with Crippen molar-refractivity contribution in [2.75, 3.05) is 6.54 Å². The summed E-state index contributed by atoms with van der Waals surface area (Å²) in [7, 11) is 0. The van der Waals surface area contributed by atoms with Gasteiger partial charge in [0.25, 0.3) is 0 Å². The SMILES string of the molecule is CCC(=O)NCCc1ccc(C=CC(=O)O)cc1. The molecule has 0 bridgehead atoms. The van der Waals surface area contributed by atoms with E-state index in [2.05, 4.69) is 5.32 Å². The Balaban J connectivity index is 2.45. The third kappa shape index (κ3) is 5.30. The molecule has 4 nitrogen and oxygen atoms in total. The molecule has 0 aliphatic rings. The summed E-state index contributed by atoms with van der Waals surface area (Å²) < 4.78 is 0. The summed E-state index contributed by atoms with van der Waals surface area (Å²) >= 11 is 0. The Morgan fingerprint density at radius 3 is 2.50 bits per heavy atom. The fourth-order valence-corrected chi connectivity index (χ4v) is 1.43. The highest BCUT2D eigenvalue weighted by Gasteiger charge is 1.97. The highest BCUT2D eigenvalue weighted by molar-refractivity contribution is 5.85. The first kappa shape index (κ1) is 14.0. The van der Waals surface area contributed by atoms with E-state index in [-0.39, 0.29) is 5.91 Å². The normalized spacial score (nSPS) is 10.5. The highest BCUT2D eigenvalue weighted by Crippen LogP contribution is 2.06. The van der Waals surface area contributed by atoms with E-state index in [0.29, 0.717) is 13.0 Å². The zero-order chi connectivity index (χ0) is 13.4. The molecular formula is C14H17NO3. The summed E-state index contributed by atoms with van der Waals surface area (Å²) in [4.78, 5) is 21.4. The van der Waals surface area contributed by atoms with Crippen LogP contribution in [0.2, 0.25) is 0 Å². The van der Waals surface area contributed by atoms with E-state index in [9.17, 15) is 9.59 Å². The minimum absolute atomic E-state index is 0.0519. The molecule has 1 aromatic carbocycles. The second kappa shape index (κ2) is 7.27. The predicted molar refractivity (Wildman–Crippen MR) is 70.1 cm³/mol. The summed E-state index contributed by atoms with van der Waals surface area (Å²) in [6.45, 7) is 2.44. The first-order valence-corrected chi connectivity index (χ1v) is 5.88. The standard InChI is InChI=1S/C14H17NO3/c1-2-13(16)15-10-9-12-5-3-11(4-6-12)7-8-14(17)18/h3-8H,2,9-10H2,1H3,(H,15,16)(H,17,18). The van der Waals surface area contributed by atoms with Crippen molar-refractivity contribution in [3.8, 4) is 0 Å². The molecule has 0 unspecified atom stereocenters. The van der Waals surface area contributed by atoms with E-state index in [0.717, 1.165) is 23.6 Å². The van der Waals surface area contributed by atoms with Gasteiger partial charge in [0.15, 0.2) is 0 Å². The number of benzene rings is 1. The van der Waals surface area contributed by atoms with E-state index in [4.69, 9.17) is 5.11 Å². The van der Waals surface area contributed by atoms with Gasteiger partial charge in [0.1, 0.15) is 0 Å². The van der Waals surface area contributed by atoms with Crippen LogP contribution in [0, 0.1) is 0 Å². The molecule has 0 heterocycles. The monoisotopic (exact) mass is 247 g/mol. The number of rotatable bonds is 6. The largest absolute Gasteiger partial charge is 0.478 e. The number of carbonyl (C=O) groups is 2. The molecule has 0 aliphatic carbocycles. The minimum Gasteiger partial charge on any atom is -0.478 e. The van der Waals surface area contributed by atoms with Gasteiger partial charge in [-0.2, -0.15) is 0 Å². The van der Waals surface area contributed by atoms with Gasteiger partial charge in [0.2, 0.25) is 5.91 Å². The lowest BCUT2D eigenvalue weighted by Crippen LogP contribution is -2.24. The molecule has 0 spiro atoms. The Labute approximate surface area is 106 Å². The maximum atomic E-state index is 11.0. The quantitative estimate of drug-likeness (QED) is 0.754. The second-order valence-corrected chi connectivity index (χ2v) is 3.87. The molecule has 1 aromatic rings.